The Bertz CT molecular complexity index is 2370. The largest absolute Gasteiger partial charge is 0.490 e. The van der Waals surface area contributed by atoms with Crippen molar-refractivity contribution < 1.29 is 23.4 Å². The van der Waals surface area contributed by atoms with E-state index in [1.807, 2.05) is 47.4 Å². The molecule has 8 rings (SSSR count). The molecule has 5 heterocycles. The molecule has 4 N–H and O–H groups in total. The van der Waals surface area contributed by atoms with Gasteiger partial charge in [-0.3, -0.25) is 19.1 Å². The van der Waals surface area contributed by atoms with Crippen LogP contribution < -0.4 is 26.2 Å². The molecule has 0 radical (unpaired) electrons. The monoisotopic (exact) mass is 753 g/mol. The Labute approximate surface area is 312 Å². The zero-order chi connectivity index (χ0) is 37.4. The minimum Gasteiger partial charge on any atom is -0.490 e. The highest BCUT2D eigenvalue weighted by Gasteiger charge is 2.36. The topological polar surface area (TPSA) is 157 Å². The van der Waals surface area contributed by atoms with Gasteiger partial charge in [0.25, 0.3) is 11.5 Å². The number of benzene rings is 3. The smallest absolute Gasteiger partial charge is 0.298 e. The molecule has 3 aromatic heterocycles. The molecule has 1 fully saturated rings. The van der Waals surface area contributed by atoms with Gasteiger partial charge in [-0.2, -0.15) is 5.10 Å². The van der Waals surface area contributed by atoms with Gasteiger partial charge in [0.1, 0.15) is 47.1 Å². The maximum atomic E-state index is 15.0. The number of β-amino-alcohol motifs (C(OH)–C–C–N with tert-alkyl or cyclic N) is 1. The number of thiophene rings is 1. The lowest BCUT2D eigenvalue weighted by Gasteiger charge is -2.34. The second-order valence-electron chi connectivity index (χ2n) is 13.6. The van der Waals surface area contributed by atoms with Crippen molar-refractivity contribution in [3.8, 4) is 11.4 Å². The second kappa shape index (κ2) is 14.6. The summed E-state index contributed by atoms with van der Waals surface area (Å²) in [5.41, 5.74) is 6.68. The van der Waals surface area contributed by atoms with Crippen LogP contribution in [-0.4, -0.2) is 79.1 Å². The molecule has 0 saturated carbocycles. The number of rotatable bonds is 9. The average Bonchev–Trinajstić information content (AvgIpc) is 3.78. The summed E-state index contributed by atoms with van der Waals surface area (Å²) in [6.07, 6.45) is 4.68. The molecule has 3 aromatic carbocycles. The number of nitrogens with two attached hydrogens (primary N) is 1. The van der Waals surface area contributed by atoms with Crippen LogP contribution in [0.2, 0.25) is 0 Å². The number of halogens is 2. The fourth-order valence-electron chi connectivity index (χ4n) is 7.34. The van der Waals surface area contributed by atoms with Crippen molar-refractivity contribution in [1.29, 1.82) is 0 Å². The van der Waals surface area contributed by atoms with Gasteiger partial charge in [0.15, 0.2) is 5.82 Å². The number of nitrogens with one attached hydrogen (secondary N) is 1. The van der Waals surface area contributed by atoms with Crippen molar-refractivity contribution >= 4 is 44.8 Å². The molecule has 0 aliphatic carbocycles. The van der Waals surface area contributed by atoms with Crippen LogP contribution in [0.3, 0.4) is 0 Å². The van der Waals surface area contributed by atoms with E-state index in [1.54, 1.807) is 12.1 Å². The van der Waals surface area contributed by atoms with Gasteiger partial charge in [-0.15, -0.1) is 11.3 Å². The number of hydrogen-bond acceptors (Lipinski definition) is 11. The summed E-state index contributed by atoms with van der Waals surface area (Å²) in [5.74, 6) is -1.39. The Hall–Kier alpha value is -5.71. The van der Waals surface area contributed by atoms with E-state index in [0.29, 0.717) is 72.2 Å². The quantitative estimate of drug-likeness (QED) is 0.191. The van der Waals surface area contributed by atoms with Crippen molar-refractivity contribution in [3.05, 3.63) is 118 Å². The van der Waals surface area contributed by atoms with E-state index in [1.165, 1.54) is 28.0 Å². The SMILES string of the molecule is Nc1nc2sc(C(=O)NC3CCCN(CC(O)(Cn4cncn4)c4ccc(F)cc4F)CC3)cc2n(-c2ccc3c(c2)N(c2ccccc2)CCO3)c1=O. The zero-order valence-electron chi connectivity index (χ0n) is 29.1. The van der Waals surface area contributed by atoms with Gasteiger partial charge < -0.3 is 25.8 Å². The van der Waals surface area contributed by atoms with Crippen LogP contribution in [0.25, 0.3) is 16.0 Å². The maximum Gasteiger partial charge on any atom is 0.298 e. The molecule has 6 aromatic rings. The van der Waals surface area contributed by atoms with Crippen molar-refractivity contribution in [2.75, 3.05) is 43.4 Å². The Morgan fingerprint density at radius 3 is 2.67 bits per heavy atom. The molecule has 2 aliphatic heterocycles. The summed E-state index contributed by atoms with van der Waals surface area (Å²) < 4.78 is 37.6. The molecule has 1 saturated heterocycles. The number of aromatic nitrogens is 5. The fraction of sp³-hybridized carbons (Fsp3) is 0.289. The van der Waals surface area contributed by atoms with E-state index in [0.717, 1.165) is 34.8 Å². The molecule has 1 amide bonds. The van der Waals surface area contributed by atoms with E-state index in [4.69, 9.17) is 10.5 Å². The first-order valence-corrected chi connectivity index (χ1v) is 18.4. The fourth-order valence-corrected chi connectivity index (χ4v) is 8.27. The number of hydrogen-bond donors (Lipinski definition) is 3. The van der Waals surface area contributed by atoms with E-state index in [-0.39, 0.29) is 36.4 Å². The zero-order valence-corrected chi connectivity index (χ0v) is 29.9. The number of nitrogen functional groups attached to an aromatic ring is 1. The normalized spacial score (nSPS) is 17.4. The molecular weight excluding hydrogens is 717 g/mol. The van der Waals surface area contributed by atoms with Gasteiger partial charge in [-0.05, 0) is 68.3 Å². The summed E-state index contributed by atoms with van der Waals surface area (Å²) in [7, 11) is 0. The van der Waals surface area contributed by atoms with Crippen molar-refractivity contribution in [1.82, 2.24) is 34.5 Å². The van der Waals surface area contributed by atoms with E-state index >= 15 is 4.39 Å². The highest BCUT2D eigenvalue weighted by atomic mass is 32.1. The summed E-state index contributed by atoms with van der Waals surface area (Å²) >= 11 is 1.15. The molecule has 13 nitrogen and oxygen atoms in total. The highest BCUT2D eigenvalue weighted by molar-refractivity contribution is 7.20. The molecule has 2 atom stereocenters. The Kier molecular flexibility index (Phi) is 9.56. The van der Waals surface area contributed by atoms with Crippen molar-refractivity contribution in [3.63, 3.8) is 0 Å². The van der Waals surface area contributed by atoms with E-state index in [2.05, 4.69) is 25.3 Å². The number of anilines is 3. The van der Waals surface area contributed by atoms with E-state index in [9.17, 15) is 19.1 Å². The van der Waals surface area contributed by atoms with E-state index < -0.39 is 22.8 Å². The third-order valence-corrected chi connectivity index (χ3v) is 10.9. The molecule has 278 valence electrons. The average molecular weight is 754 g/mol. The van der Waals surface area contributed by atoms with Crippen LogP contribution in [0.15, 0.2) is 90.2 Å². The molecule has 16 heteroatoms. The summed E-state index contributed by atoms with van der Waals surface area (Å²) in [6, 6.07) is 20.0. The Morgan fingerprint density at radius 2 is 1.87 bits per heavy atom. The first kappa shape index (κ1) is 35.3. The minimum atomic E-state index is -1.73. The molecular formula is C38H37F2N9O4S. The summed E-state index contributed by atoms with van der Waals surface area (Å²) in [5, 5.41) is 19.1. The molecule has 0 spiro atoms. The van der Waals surface area contributed by atoms with Gasteiger partial charge in [0.05, 0.1) is 34.9 Å². The van der Waals surface area contributed by atoms with Crippen molar-refractivity contribution in [2.45, 2.75) is 37.5 Å². The number of carbonyl (C=O) groups excluding carboxylic acids is 1. The number of amides is 1. The number of ether oxygens (including phenoxy) is 1. The summed E-state index contributed by atoms with van der Waals surface area (Å²) in [6.45, 7) is 2.18. The first-order valence-electron chi connectivity index (χ1n) is 17.6. The van der Waals surface area contributed by atoms with Crippen LogP contribution in [0, 0.1) is 11.6 Å². The van der Waals surface area contributed by atoms with Crippen LogP contribution in [0.4, 0.5) is 26.0 Å². The highest BCUT2D eigenvalue weighted by Crippen LogP contribution is 2.39. The number of likely N-dealkylation sites (tertiary alicyclic amines) is 1. The Balaban J connectivity index is 1.01. The lowest BCUT2D eigenvalue weighted by atomic mass is 9.92. The van der Waals surface area contributed by atoms with Crippen LogP contribution in [-0.2, 0) is 12.1 Å². The van der Waals surface area contributed by atoms with Gasteiger partial charge in [0, 0.05) is 36.4 Å². The first-order chi connectivity index (χ1) is 26.1. The number of carbonyl (C=O) groups is 1. The van der Waals surface area contributed by atoms with Gasteiger partial charge >= 0.3 is 0 Å². The lowest BCUT2D eigenvalue weighted by Crippen LogP contribution is -2.45. The summed E-state index contributed by atoms with van der Waals surface area (Å²) in [4.78, 5) is 40.5. The third-order valence-electron chi connectivity index (χ3n) is 9.90. The Morgan fingerprint density at radius 1 is 1.02 bits per heavy atom. The lowest BCUT2D eigenvalue weighted by molar-refractivity contribution is -0.0210. The van der Waals surface area contributed by atoms with Crippen LogP contribution in [0.5, 0.6) is 5.75 Å². The molecule has 2 aliphatic rings. The number of fused-ring (bicyclic) bond motifs is 2. The molecule has 2 unspecified atom stereocenters. The maximum absolute atomic E-state index is 15.0. The van der Waals surface area contributed by atoms with Crippen LogP contribution in [0.1, 0.15) is 34.5 Å². The number of para-hydroxylation sites is 1. The van der Waals surface area contributed by atoms with Crippen molar-refractivity contribution in [2.24, 2.45) is 0 Å². The predicted octanol–water partition coefficient (Wildman–Crippen LogP) is 4.60. The standard InChI is InChI=1S/C38H37F2N9O4S/c39-24-8-10-28(29(40)17-24)38(52,21-47-23-42-22-43-47)20-46-13-4-5-25(12-14-46)44-35(50)33-19-31-36(54-33)45-34(41)37(51)49(31)27-9-11-32-30(18-27)48(15-16-53-32)26-6-2-1-3-7-26/h1-3,6-11,17-19,22-23,25,52H,4-5,12-16,20-21H2,(H2,41,45)(H,44,50). The minimum absolute atomic E-state index is 0.0387. The predicted molar refractivity (Wildman–Crippen MR) is 200 cm³/mol. The molecule has 54 heavy (non-hydrogen) atoms. The second-order valence-corrected chi connectivity index (χ2v) is 14.6. The van der Waals surface area contributed by atoms with Crippen LogP contribution >= 0.6 is 11.3 Å². The van der Waals surface area contributed by atoms with Gasteiger partial charge in [-0.25, -0.2) is 23.4 Å². The third kappa shape index (κ3) is 7.02. The van der Waals surface area contributed by atoms with Gasteiger partial charge in [0.2, 0.25) is 0 Å². The number of aliphatic hydroxyl groups is 1. The number of nitrogens with zero attached hydrogens (tertiary/aromatic N) is 7. The molecule has 0 bridgehead atoms. The van der Waals surface area contributed by atoms with Gasteiger partial charge in [-0.1, -0.05) is 24.3 Å².